The summed E-state index contributed by atoms with van der Waals surface area (Å²) < 4.78 is 0. The number of benzene rings is 2. The smallest absolute Gasteiger partial charge is 0.157 e. The number of hydrogen-bond acceptors (Lipinski definition) is 3. The number of aromatic nitrogens is 3. The normalized spacial score (nSPS) is 13.1. The Morgan fingerprint density at radius 1 is 0.962 bits per heavy atom. The van der Waals surface area contributed by atoms with Gasteiger partial charge in [0.1, 0.15) is 16.9 Å². The molecule has 0 aliphatic heterocycles. The summed E-state index contributed by atoms with van der Waals surface area (Å²) in [5.41, 5.74) is 4.49. The van der Waals surface area contributed by atoms with Crippen molar-refractivity contribution in [2.45, 2.75) is 0 Å². The number of hydrogen-bond donors (Lipinski definition) is 2. The van der Waals surface area contributed by atoms with Crippen LogP contribution in [0.5, 0.6) is 0 Å². The van der Waals surface area contributed by atoms with Gasteiger partial charge in [0.2, 0.25) is 0 Å². The lowest BCUT2D eigenvalue weighted by molar-refractivity contribution is 1.26. The predicted molar refractivity (Wildman–Crippen MR) is 108 cm³/mol. The van der Waals surface area contributed by atoms with Crippen LogP contribution in [0.1, 0.15) is 5.82 Å². The minimum atomic E-state index is 0.490. The number of H-pyrrole nitrogens is 1. The topological polar surface area (TPSA) is 53.6 Å². The highest BCUT2D eigenvalue weighted by Gasteiger charge is 2.16. The van der Waals surface area contributed by atoms with Crippen LogP contribution >= 0.6 is 23.2 Å². The molecule has 6 heteroatoms. The molecule has 0 unspecified atom stereocenters. The van der Waals surface area contributed by atoms with Crippen molar-refractivity contribution in [3.05, 3.63) is 76.6 Å². The Balaban J connectivity index is 1.71. The summed E-state index contributed by atoms with van der Waals surface area (Å²) in [6, 6.07) is 13.4. The van der Waals surface area contributed by atoms with Gasteiger partial charge in [-0.1, -0.05) is 59.6 Å². The van der Waals surface area contributed by atoms with Crippen LogP contribution in [0, 0.1) is 0 Å². The minimum Gasteiger partial charge on any atom is -0.338 e. The molecule has 0 amide bonds. The third kappa shape index (κ3) is 2.46. The number of halogens is 2. The average molecular weight is 379 g/mol. The van der Waals surface area contributed by atoms with Crippen LogP contribution < -0.4 is 5.32 Å². The number of imidazole rings is 1. The van der Waals surface area contributed by atoms with Crippen molar-refractivity contribution in [2.75, 3.05) is 5.32 Å². The Kier molecular flexibility index (Phi) is 3.48. The third-order valence-corrected chi connectivity index (χ3v) is 5.08. The lowest BCUT2D eigenvalue weighted by Gasteiger charge is -2.09. The highest BCUT2D eigenvalue weighted by atomic mass is 35.5. The molecule has 2 N–H and O–H groups in total. The largest absolute Gasteiger partial charge is 0.338 e. The monoisotopic (exact) mass is 378 g/mol. The lowest BCUT2D eigenvalue weighted by Crippen LogP contribution is -1.96. The first kappa shape index (κ1) is 15.4. The van der Waals surface area contributed by atoms with Gasteiger partial charge in [0.25, 0.3) is 0 Å². The molecule has 2 aromatic heterocycles. The number of rotatable bonds is 3. The summed E-state index contributed by atoms with van der Waals surface area (Å²) >= 11 is 12.2. The zero-order valence-electron chi connectivity index (χ0n) is 13.4. The van der Waals surface area contributed by atoms with E-state index in [4.69, 9.17) is 33.2 Å². The van der Waals surface area contributed by atoms with Crippen molar-refractivity contribution >= 4 is 62.2 Å². The standard InChI is InChI=1S/C20H12Cl2N4/c21-14-9-8-12(10-15(14)22)23-20-18-17(13-6-1-2-7-16(13)24-20)25-19(26-18)11-4-3-5-11/h1-10H,(H,23,24)(H,25,26). The van der Waals surface area contributed by atoms with Gasteiger partial charge in [-0.3, -0.25) is 0 Å². The van der Waals surface area contributed by atoms with Crippen LogP contribution in [0.4, 0.5) is 11.5 Å². The second kappa shape index (κ2) is 5.87. The molecule has 0 atom stereocenters. The van der Waals surface area contributed by atoms with E-state index in [9.17, 15) is 0 Å². The van der Waals surface area contributed by atoms with Gasteiger partial charge < -0.3 is 10.3 Å². The van der Waals surface area contributed by atoms with Crippen molar-refractivity contribution in [1.29, 1.82) is 0 Å². The number of nitrogens with zero attached hydrogens (tertiary/aromatic N) is 2. The van der Waals surface area contributed by atoms with Crippen molar-refractivity contribution in [2.24, 2.45) is 0 Å². The Morgan fingerprint density at radius 3 is 2.58 bits per heavy atom. The number of para-hydroxylation sites is 1. The first-order valence-electron chi connectivity index (χ1n) is 8.08. The Bertz CT molecular complexity index is 1240. The first-order chi connectivity index (χ1) is 12.7. The molecule has 4 nitrogen and oxygen atoms in total. The number of nitrogens with one attached hydrogen (secondary N) is 2. The van der Waals surface area contributed by atoms with Gasteiger partial charge in [-0.2, -0.15) is 0 Å². The number of fused-ring (bicyclic) bond motifs is 3. The van der Waals surface area contributed by atoms with Gasteiger partial charge in [-0.15, -0.1) is 0 Å². The van der Waals surface area contributed by atoms with Gasteiger partial charge in [0.15, 0.2) is 5.82 Å². The first-order valence-corrected chi connectivity index (χ1v) is 8.84. The van der Waals surface area contributed by atoms with E-state index in [0.717, 1.165) is 39.0 Å². The number of pyridine rings is 1. The highest BCUT2D eigenvalue weighted by molar-refractivity contribution is 6.42. The van der Waals surface area contributed by atoms with E-state index in [-0.39, 0.29) is 0 Å². The van der Waals surface area contributed by atoms with Crippen LogP contribution in [-0.2, 0) is 0 Å². The number of allylic oxidation sites excluding steroid dienone is 4. The van der Waals surface area contributed by atoms with Crippen molar-refractivity contribution in [3.63, 3.8) is 0 Å². The Morgan fingerprint density at radius 2 is 1.81 bits per heavy atom. The molecule has 5 rings (SSSR count). The fraction of sp³-hybridized carbons (Fsp3) is 0. The third-order valence-electron chi connectivity index (χ3n) is 4.34. The molecule has 126 valence electrons. The summed E-state index contributed by atoms with van der Waals surface area (Å²) in [7, 11) is 0. The van der Waals surface area contributed by atoms with Gasteiger partial charge in [0.05, 0.1) is 15.6 Å². The van der Waals surface area contributed by atoms with Crippen LogP contribution in [-0.4, -0.2) is 15.0 Å². The Hall–Kier alpha value is -2.82. The molecule has 4 aromatic rings. The number of aromatic amines is 1. The molecule has 0 spiro atoms. The second-order valence-electron chi connectivity index (χ2n) is 6.02. The molecule has 0 fully saturated rings. The SMILES string of the molecule is Clc1ccc(Nc2nc3ccccc3c3nc(C4=CC=C4)[nH]c23)cc1Cl. The molecule has 1 aliphatic rings. The fourth-order valence-electron chi connectivity index (χ4n) is 2.98. The van der Waals surface area contributed by atoms with Crippen LogP contribution in [0.2, 0.25) is 10.0 Å². The highest BCUT2D eigenvalue weighted by Crippen LogP contribution is 2.33. The molecule has 0 saturated carbocycles. The summed E-state index contributed by atoms with van der Waals surface area (Å²) in [5, 5.41) is 5.35. The molecule has 2 aromatic carbocycles. The van der Waals surface area contributed by atoms with Gasteiger partial charge >= 0.3 is 0 Å². The maximum Gasteiger partial charge on any atom is 0.157 e. The molecule has 0 bridgehead atoms. The van der Waals surface area contributed by atoms with E-state index in [1.807, 2.05) is 48.6 Å². The maximum atomic E-state index is 6.14. The summed E-state index contributed by atoms with van der Waals surface area (Å²) in [4.78, 5) is 13.0. The van der Waals surface area contributed by atoms with E-state index in [1.54, 1.807) is 12.1 Å². The molecular weight excluding hydrogens is 367 g/mol. The van der Waals surface area contributed by atoms with Crippen molar-refractivity contribution in [3.8, 4) is 0 Å². The quantitative estimate of drug-likeness (QED) is 0.451. The molecule has 2 heterocycles. The van der Waals surface area contributed by atoms with Crippen LogP contribution in [0.15, 0.2) is 60.7 Å². The van der Waals surface area contributed by atoms with Gasteiger partial charge in [0, 0.05) is 16.6 Å². The molecule has 0 radical (unpaired) electrons. The van der Waals surface area contributed by atoms with E-state index in [2.05, 4.69) is 10.3 Å². The maximum absolute atomic E-state index is 6.14. The van der Waals surface area contributed by atoms with Crippen LogP contribution in [0.3, 0.4) is 0 Å². The lowest BCUT2D eigenvalue weighted by atomic mass is 10.1. The fourth-order valence-corrected chi connectivity index (χ4v) is 3.27. The average Bonchev–Trinajstić information content (AvgIpc) is 3.02. The predicted octanol–water partition coefficient (Wildman–Crippen LogP) is 6.11. The van der Waals surface area contributed by atoms with Crippen molar-refractivity contribution < 1.29 is 0 Å². The van der Waals surface area contributed by atoms with E-state index in [0.29, 0.717) is 15.9 Å². The summed E-state index contributed by atoms with van der Waals surface area (Å²) in [5.74, 6) is 1.53. The van der Waals surface area contributed by atoms with E-state index < -0.39 is 0 Å². The molecular formula is C20H12Cl2N4. The second-order valence-corrected chi connectivity index (χ2v) is 6.84. The minimum absolute atomic E-state index is 0.490. The van der Waals surface area contributed by atoms with Gasteiger partial charge in [-0.25, -0.2) is 9.97 Å². The summed E-state index contributed by atoms with van der Waals surface area (Å²) in [6.07, 6.45) is 6.05. The molecule has 26 heavy (non-hydrogen) atoms. The zero-order chi connectivity index (χ0) is 17.7. The van der Waals surface area contributed by atoms with Crippen LogP contribution in [0.25, 0.3) is 27.5 Å². The number of anilines is 2. The van der Waals surface area contributed by atoms with Crippen molar-refractivity contribution in [1.82, 2.24) is 15.0 Å². The summed E-state index contributed by atoms with van der Waals surface area (Å²) in [6.45, 7) is 0. The molecule has 1 aliphatic carbocycles. The Labute approximate surface area is 159 Å². The van der Waals surface area contributed by atoms with Gasteiger partial charge in [-0.05, 0) is 24.3 Å². The molecule has 0 saturated heterocycles. The van der Waals surface area contributed by atoms with E-state index in [1.165, 1.54) is 0 Å². The van der Waals surface area contributed by atoms with E-state index >= 15 is 0 Å². The zero-order valence-corrected chi connectivity index (χ0v) is 14.9.